The van der Waals surface area contributed by atoms with Gasteiger partial charge in [0.25, 0.3) is 0 Å². The summed E-state index contributed by atoms with van der Waals surface area (Å²) in [7, 11) is 0. The van der Waals surface area contributed by atoms with Gasteiger partial charge in [-0.2, -0.15) is 0 Å². The van der Waals surface area contributed by atoms with Crippen LogP contribution in [0.1, 0.15) is 27.7 Å². The van der Waals surface area contributed by atoms with Gasteiger partial charge in [0.1, 0.15) is 5.84 Å². The third-order valence-electron chi connectivity index (χ3n) is 2.54. The average molecular weight is 192 g/mol. The van der Waals surface area contributed by atoms with Crippen LogP contribution in [0.2, 0.25) is 0 Å². The number of nitrogens with zero attached hydrogens (tertiary/aromatic N) is 2. The van der Waals surface area contributed by atoms with Crippen LogP contribution in [0.3, 0.4) is 0 Å². The second-order valence-electron chi connectivity index (χ2n) is 3.68. The molecule has 78 valence electrons. The minimum atomic E-state index is 0.420. The van der Waals surface area contributed by atoms with E-state index in [0.717, 1.165) is 13.1 Å². The van der Waals surface area contributed by atoms with E-state index in [1.165, 1.54) is 11.4 Å². The fourth-order valence-electron chi connectivity index (χ4n) is 1.63. The maximum Gasteiger partial charge on any atom is 0.111 e. The van der Waals surface area contributed by atoms with Gasteiger partial charge in [0.05, 0.1) is 0 Å². The van der Waals surface area contributed by atoms with Gasteiger partial charge in [0.2, 0.25) is 0 Å². The van der Waals surface area contributed by atoms with Crippen molar-refractivity contribution in [3.8, 4) is 0 Å². The highest BCUT2D eigenvalue weighted by atomic mass is 15.2. The number of rotatable bonds is 2. The van der Waals surface area contributed by atoms with E-state index in [0.29, 0.717) is 5.92 Å². The summed E-state index contributed by atoms with van der Waals surface area (Å²) in [5.41, 5.74) is 1.22. The maximum absolute atomic E-state index is 4.55. The summed E-state index contributed by atoms with van der Waals surface area (Å²) in [5.74, 6) is 1.60. The molecule has 0 amide bonds. The summed E-state index contributed by atoms with van der Waals surface area (Å²) in [6.07, 6.45) is 6.31. The van der Waals surface area contributed by atoms with Crippen LogP contribution in [0.4, 0.5) is 0 Å². The Bertz CT molecular complexity index is 270. The van der Waals surface area contributed by atoms with E-state index in [9.17, 15) is 0 Å². The van der Waals surface area contributed by atoms with E-state index in [1.807, 2.05) is 6.20 Å². The molecule has 1 aliphatic heterocycles. The van der Waals surface area contributed by atoms with E-state index in [-0.39, 0.29) is 0 Å². The van der Waals surface area contributed by atoms with Gasteiger partial charge in [-0.1, -0.05) is 19.1 Å². The molecule has 0 radical (unpaired) electrons. The summed E-state index contributed by atoms with van der Waals surface area (Å²) in [5, 5.41) is 0. The molecular weight excluding hydrogens is 172 g/mol. The second-order valence-corrected chi connectivity index (χ2v) is 3.68. The zero-order valence-corrected chi connectivity index (χ0v) is 9.62. The number of amidine groups is 1. The summed E-state index contributed by atoms with van der Waals surface area (Å²) < 4.78 is 0. The molecule has 14 heavy (non-hydrogen) atoms. The van der Waals surface area contributed by atoms with Crippen LogP contribution in [0.25, 0.3) is 0 Å². The molecule has 1 heterocycles. The zero-order valence-electron chi connectivity index (χ0n) is 9.62. The van der Waals surface area contributed by atoms with Gasteiger partial charge >= 0.3 is 0 Å². The van der Waals surface area contributed by atoms with E-state index in [4.69, 9.17) is 0 Å². The lowest BCUT2D eigenvalue weighted by atomic mass is 10.1. The lowest BCUT2D eigenvalue weighted by Crippen LogP contribution is -2.34. The van der Waals surface area contributed by atoms with E-state index in [2.05, 4.69) is 49.7 Å². The van der Waals surface area contributed by atoms with Crippen molar-refractivity contribution < 1.29 is 0 Å². The molecule has 0 N–H and O–H groups in total. The SMILES string of the molecule is CCN(CC)C1=NC=C(C)C=CC1C. The second kappa shape index (κ2) is 4.99. The minimum Gasteiger partial charge on any atom is -0.360 e. The Morgan fingerprint density at radius 1 is 1.36 bits per heavy atom. The van der Waals surface area contributed by atoms with Crippen LogP contribution in [0, 0.1) is 5.92 Å². The quantitative estimate of drug-likeness (QED) is 0.657. The van der Waals surface area contributed by atoms with Crippen molar-refractivity contribution >= 4 is 5.84 Å². The van der Waals surface area contributed by atoms with Crippen molar-refractivity contribution in [3.63, 3.8) is 0 Å². The fourth-order valence-corrected chi connectivity index (χ4v) is 1.63. The van der Waals surface area contributed by atoms with Gasteiger partial charge < -0.3 is 4.90 Å². The first-order valence-corrected chi connectivity index (χ1v) is 5.36. The monoisotopic (exact) mass is 192 g/mol. The van der Waals surface area contributed by atoms with E-state index in [1.54, 1.807) is 0 Å². The van der Waals surface area contributed by atoms with Crippen LogP contribution in [-0.4, -0.2) is 23.8 Å². The summed E-state index contributed by atoms with van der Waals surface area (Å²) in [6, 6.07) is 0. The molecule has 0 fully saturated rings. The molecule has 2 heteroatoms. The molecule has 0 aromatic rings. The van der Waals surface area contributed by atoms with Crippen LogP contribution < -0.4 is 0 Å². The number of allylic oxidation sites excluding steroid dienone is 2. The Morgan fingerprint density at radius 2 is 2.00 bits per heavy atom. The highest BCUT2D eigenvalue weighted by Crippen LogP contribution is 2.12. The molecule has 1 unspecified atom stereocenters. The van der Waals surface area contributed by atoms with Gasteiger partial charge in [0, 0.05) is 25.2 Å². The van der Waals surface area contributed by atoms with Crippen LogP contribution in [0.5, 0.6) is 0 Å². The van der Waals surface area contributed by atoms with Gasteiger partial charge in [0.15, 0.2) is 0 Å². The first-order chi connectivity index (χ1) is 6.69. The smallest absolute Gasteiger partial charge is 0.111 e. The first-order valence-electron chi connectivity index (χ1n) is 5.36. The topological polar surface area (TPSA) is 15.6 Å². The van der Waals surface area contributed by atoms with Crippen molar-refractivity contribution in [2.75, 3.05) is 13.1 Å². The Morgan fingerprint density at radius 3 is 2.57 bits per heavy atom. The van der Waals surface area contributed by atoms with Crippen LogP contribution in [-0.2, 0) is 0 Å². The Kier molecular flexibility index (Phi) is 3.93. The lowest BCUT2D eigenvalue weighted by molar-refractivity contribution is 0.447. The van der Waals surface area contributed by atoms with E-state index < -0.39 is 0 Å². The number of hydrogen-bond donors (Lipinski definition) is 0. The molecule has 0 saturated carbocycles. The molecule has 0 aromatic carbocycles. The van der Waals surface area contributed by atoms with Gasteiger partial charge in [-0.05, 0) is 26.3 Å². The number of hydrogen-bond acceptors (Lipinski definition) is 2. The van der Waals surface area contributed by atoms with Crippen LogP contribution >= 0.6 is 0 Å². The summed E-state index contributed by atoms with van der Waals surface area (Å²) in [4.78, 5) is 6.85. The fraction of sp³-hybridized carbons (Fsp3) is 0.583. The molecule has 1 atom stereocenters. The standard InChI is InChI=1S/C12H20N2/c1-5-14(6-2)12-11(4)8-7-10(3)9-13-12/h7-9,11H,5-6H2,1-4H3. The van der Waals surface area contributed by atoms with Gasteiger partial charge in [-0.25, -0.2) is 4.99 Å². The largest absolute Gasteiger partial charge is 0.360 e. The molecule has 1 aliphatic rings. The van der Waals surface area contributed by atoms with E-state index >= 15 is 0 Å². The van der Waals surface area contributed by atoms with Crippen molar-refractivity contribution in [3.05, 3.63) is 23.9 Å². The maximum atomic E-state index is 4.55. The molecule has 0 saturated heterocycles. The van der Waals surface area contributed by atoms with Crippen LogP contribution in [0.15, 0.2) is 28.9 Å². The van der Waals surface area contributed by atoms with Crippen molar-refractivity contribution in [1.82, 2.24) is 4.90 Å². The van der Waals surface area contributed by atoms with Crippen molar-refractivity contribution in [2.45, 2.75) is 27.7 Å². The first kappa shape index (κ1) is 11.0. The molecule has 0 bridgehead atoms. The normalized spacial score (nSPS) is 21.3. The molecule has 0 aliphatic carbocycles. The zero-order chi connectivity index (χ0) is 10.6. The summed E-state index contributed by atoms with van der Waals surface area (Å²) >= 11 is 0. The molecule has 1 rings (SSSR count). The predicted molar refractivity (Wildman–Crippen MR) is 62.4 cm³/mol. The molecule has 0 aromatic heterocycles. The molecule has 0 spiro atoms. The third kappa shape index (κ3) is 2.47. The highest BCUT2D eigenvalue weighted by Gasteiger charge is 2.14. The lowest BCUT2D eigenvalue weighted by Gasteiger charge is -2.25. The Labute approximate surface area is 87.0 Å². The van der Waals surface area contributed by atoms with Crippen molar-refractivity contribution in [1.29, 1.82) is 0 Å². The van der Waals surface area contributed by atoms with Gasteiger partial charge in [-0.15, -0.1) is 0 Å². The third-order valence-corrected chi connectivity index (χ3v) is 2.54. The highest BCUT2D eigenvalue weighted by molar-refractivity contribution is 5.87. The number of aliphatic imine (C=N–C) groups is 1. The average Bonchev–Trinajstić information content (AvgIpc) is 2.34. The Balaban J connectivity index is 2.90. The molecular formula is C12H20N2. The molecule has 2 nitrogen and oxygen atoms in total. The minimum absolute atomic E-state index is 0.420. The Hall–Kier alpha value is -1.05. The van der Waals surface area contributed by atoms with Crippen molar-refractivity contribution in [2.24, 2.45) is 10.9 Å². The predicted octanol–water partition coefficient (Wildman–Crippen LogP) is 2.84. The summed E-state index contributed by atoms with van der Waals surface area (Å²) in [6.45, 7) is 10.7. The van der Waals surface area contributed by atoms with Gasteiger partial charge in [-0.3, -0.25) is 0 Å².